The predicted molar refractivity (Wildman–Crippen MR) is 107 cm³/mol. The van der Waals surface area contributed by atoms with Crippen LogP contribution in [0, 0.1) is 0 Å². The van der Waals surface area contributed by atoms with Crippen molar-refractivity contribution in [1.82, 2.24) is 5.32 Å². The summed E-state index contributed by atoms with van der Waals surface area (Å²) < 4.78 is 5.87. The van der Waals surface area contributed by atoms with E-state index in [-0.39, 0.29) is 0 Å². The van der Waals surface area contributed by atoms with Gasteiger partial charge in [-0.1, -0.05) is 43.5 Å². The molecule has 1 aliphatic heterocycles. The third-order valence-electron chi connectivity index (χ3n) is 5.08. The molecule has 1 aromatic heterocycles. The Morgan fingerprint density at radius 2 is 1.77 bits per heavy atom. The number of fused-ring (bicyclic) bond motifs is 3. The van der Waals surface area contributed by atoms with Gasteiger partial charge in [0.2, 0.25) is 0 Å². The van der Waals surface area contributed by atoms with Crippen LogP contribution in [-0.2, 0) is 6.42 Å². The van der Waals surface area contributed by atoms with Gasteiger partial charge in [0, 0.05) is 30.2 Å². The summed E-state index contributed by atoms with van der Waals surface area (Å²) in [6, 6.07) is 14.2. The minimum Gasteiger partial charge on any atom is -0.456 e. The van der Waals surface area contributed by atoms with Gasteiger partial charge in [-0.2, -0.15) is 0 Å². The number of amidine groups is 1. The zero-order valence-electron chi connectivity index (χ0n) is 15.1. The quantitative estimate of drug-likeness (QED) is 0.668. The van der Waals surface area contributed by atoms with E-state index in [2.05, 4.69) is 22.4 Å². The minimum atomic E-state index is -0.620. The first-order valence-corrected chi connectivity index (χ1v) is 9.68. The Hall–Kier alpha value is -2.33. The van der Waals surface area contributed by atoms with Gasteiger partial charge in [0.05, 0.1) is 5.84 Å². The molecule has 1 aliphatic rings. The summed E-state index contributed by atoms with van der Waals surface area (Å²) in [6.07, 6.45) is 6.96. The molecule has 136 valence electrons. The molecular weight excluding hydrogens is 324 g/mol. The first-order chi connectivity index (χ1) is 12.8. The largest absolute Gasteiger partial charge is 0.456 e. The highest BCUT2D eigenvalue weighted by Crippen LogP contribution is 2.29. The van der Waals surface area contributed by atoms with Crippen LogP contribution in [0.15, 0.2) is 51.9 Å². The van der Waals surface area contributed by atoms with Gasteiger partial charge in [-0.05, 0) is 36.6 Å². The molecule has 0 bridgehead atoms. The number of furan rings is 1. The number of para-hydroxylation sites is 1. The summed E-state index contributed by atoms with van der Waals surface area (Å²) in [5.41, 5.74) is 2.88. The molecule has 0 saturated heterocycles. The highest BCUT2D eigenvalue weighted by Gasteiger charge is 2.12. The number of hydrogen-bond acceptors (Lipinski definition) is 4. The molecule has 1 atom stereocenters. The number of aliphatic hydroxyl groups is 1. The zero-order chi connectivity index (χ0) is 17.8. The van der Waals surface area contributed by atoms with Gasteiger partial charge >= 0.3 is 0 Å². The molecule has 0 fully saturated rings. The Balaban J connectivity index is 1.48. The third-order valence-corrected chi connectivity index (χ3v) is 5.08. The topological polar surface area (TPSA) is 57.8 Å². The molecule has 0 saturated carbocycles. The molecule has 4 rings (SSSR count). The number of nitrogens with zero attached hydrogens (tertiary/aromatic N) is 1. The van der Waals surface area contributed by atoms with E-state index in [4.69, 9.17) is 4.42 Å². The van der Waals surface area contributed by atoms with Crippen molar-refractivity contribution in [2.24, 2.45) is 4.99 Å². The molecule has 0 aliphatic carbocycles. The molecule has 0 radical (unpaired) electrons. The summed E-state index contributed by atoms with van der Waals surface area (Å²) in [7, 11) is 0. The van der Waals surface area contributed by atoms with Gasteiger partial charge < -0.3 is 14.8 Å². The summed E-state index contributed by atoms with van der Waals surface area (Å²) in [5.74, 6) is 0.953. The van der Waals surface area contributed by atoms with Crippen LogP contribution in [0.25, 0.3) is 21.9 Å². The van der Waals surface area contributed by atoms with Crippen molar-refractivity contribution in [3.8, 4) is 0 Å². The molecule has 0 amide bonds. The lowest BCUT2D eigenvalue weighted by Crippen LogP contribution is -2.36. The fourth-order valence-corrected chi connectivity index (χ4v) is 3.71. The Morgan fingerprint density at radius 3 is 2.73 bits per heavy atom. The maximum Gasteiger partial charge on any atom is 0.135 e. The average molecular weight is 350 g/mol. The molecule has 1 unspecified atom stereocenters. The van der Waals surface area contributed by atoms with Gasteiger partial charge in [0.25, 0.3) is 0 Å². The molecular formula is C22H26N2O2. The van der Waals surface area contributed by atoms with Gasteiger partial charge in [0.15, 0.2) is 0 Å². The van der Waals surface area contributed by atoms with Gasteiger partial charge in [0.1, 0.15) is 17.4 Å². The number of aliphatic hydroxyl groups excluding tert-OH is 1. The fourth-order valence-electron chi connectivity index (χ4n) is 3.71. The normalized spacial score (nSPS) is 17.3. The summed E-state index contributed by atoms with van der Waals surface area (Å²) in [4.78, 5) is 4.64. The van der Waals surface area contributed by atoms with Crippen LogP contribution in [0.1, 0.15) is 44.1 Å². The molecule has 0 spiro atoms. The van der Waals surface area contributed by atoms with Crippen LogP contribution in [0.2, 0.25) is 0 Å². The van der Waals surface area contributed by atoms with E-state index in [1.54, 1.807) is 0 Å². The Labute approximate surface area is 153 Å². The molecule has 4 heteroatoms. The lowest BCUT2D eigenvalue weighted by atomic mass is 10.1. The van der Waals surface area contributed by atoms with Crippen LogP contribution in [-0.4, -0.2) is 23.7 Å². The summed E-state index contributed by atoms with van der Waals surface area (Å²) in [5, 5.41) is 16.0. The summed E-state index contributed by atoms with van der Waals surface area (Å²) >= 11 is 0. The van der Waals surface area contributed by atoms with E-state index in [1.165, 1.54) is 19.3 Å². The van der Waals surface area contributed by atoms with Crippen LogP contribution in [0.5, 0.6) is 0 Å². The number of rotatable bonds is 3. The van der Waals surface area contributed by atoms with Crippen LogP contribution >= 0.6 is 0 Å². The standard InChI is InChI=1S/C22H26N2O2/c25-22(24-21-10-4-2-1-3-7-13-23-21)15-16-11-12-20-18(14-16)17-8-5-6-9-19(17)26-20/h5-6,8-9,11-12,14,22,25H,1-4,7,10,13,15H2,(H,23,24). The smallest absolute Gasteiger partial charge is 0.135 e. The highest BCUT2D eigenvalue weighted by atomic mass is 16.3. The van der Waals surface area contributed by atoms with E-state index in [0.717, 1.165) is 59.1 Å². The number of hydrogen-bond donors (Lipinski definition) is 2. The fraction of sp³-hybridized carbons (Fsp3) is 0.409. The summed E-state index contributed by atoms with van der Waals surface area (Å²) in [6.45, 7) is 0.863. The second-order valence-electron chi connectivity index (χ2n) is 7.14. The second kappa shape index (κ2) is 7.92. The van der Waals surface area contributed by atoms with E-state index in [1.807, 2.05) is 30.3 Å². The van der Waals surface area contributed by atoms with Gasteiger partial charge in [-0.25, -0.2) is 0 Å². The lowest BCUT2D eigenvalue weighted by molar-refractivity contribution is 0.159. The maximum absolute atomic E-state index is 10.5. The Morgan fingerprint density at radius 1 is 0.962 bits per heavy atom. The first kappa shape index (κ1) is 17.1. The average Bonchev–Trinajstić information content (AvgIpc) is 3.06. The van der Waals surface area contributed by atoms with E-state index < -0.39 is 6.23 Å². The van der Waals surface area contributed by atoms with Crippen LogP contribution in [0.3, 0.4) is 0 Å². The molecule has 4 nitrogen and oxygen atoms in total. The van der Waals surface area contributed by atoms with Gasteiger partial charge in [-0.3, -0.25) is 4.99 Å². The lowest BCUT2D eigenvalue weighted by Gasteiger charge is -2.16. The van der Waals surface area contributed by atoms with Crippen molar-refractivity contribution in [2.75, 3.05) is 6.54 Å². The SMILES string of the molecule is OC(Cc1ccc2oc3ccccc3c2c1)NC1=NCCCCCCC1. The second-order valence-corrected chi connectivity index (χ2v) is 7.14. The van der Waals surface area contributed by atoms with Crippen molar-refractivity contribution in [2.45, 2.75) is 51.2 Å². The number of benzene rings is 2. The zero-order valence-corrected chi connectivity index (χ0v) is 15.1. The van der Waals surface area contributed by atoms with Crippen molar-refractivity contribution in [1.29, 1.82) is 0 Å². The number of nitrogens with one attached hydrogen (secondary N) is 1. The maximum atomic E-state index is 10.5. The molecule has 2 N–H and O–H groups in total. The molecule has 26 heavy (non-hydrogen) atoms. The van der Waals surface area contributed by atoms with E-state index in [0.29, 0.717) is 6.42 Å². The monoisotopic (exact) mass is 350 g/mol. The van der Waals surface area contributed by atoms with Crippen molar-refractivity contribution < 1.29 is 9.52 Å². The highest BCUT2D eigenvalue weighted by molar-refractivity contribution is 6.04. The minimum absolute atomic E-state index is 0.550. The van der Waals surface area contributed by atoms with Crippen molar-refractivity contribution in [3.63, 3.8) is 0 Å². The van der Waals surface area contributed by atoms with E-state index in [9.17, 15) is 5.11 Å². The number of aliphatic imine (C=N–C) groups is 1. The van der Waals surface area contributed by atoms with Crippen molar-refractivity contribution in [3.05, 3.63) is 48.0 Å². The van der Waals surface area contributed by atoms with E-state index >= 15 is 0 Å². The molecule has 3 aromatic rings. The Kier molecular flexibility index (Phi) is 5.21. The van der Waals surface area contributed by atoms with Crippen LogP contribution < -0.4 is 5.32 Å². The predicted octanol–water partition coefficient (Wildman–Crippen LogP) is 4.79. The first-order valence-electron chi connectivity index (χ1n) is 9.68. The Bertz CT molecular complexity index is 913. The molecule has 2 aromatic carbocycles. The molecule has 2 heterocycles. The van der Waals surface area contributed by atoms with Gasteiger partial charge in [-0.15, -0.1) is 0 Å². The van der Waals surface area contributed by atoms with Crippen molar-refractivity contribution >= 4 is 27.8 Å². The van der Waals surface area contributed by atoms with Crippen LogP contribution in [0.4, 0.5) is 0 Å². The third kappa shape index (κ3) is 3.91.